The van der Waals surface area contributed by atoms with Crippen LogP contribution in [0.3, 0.4) is 0 Å². The van der Waals surface area contributed by atoms with E-state index in [1.54, 1.807) is 26.0 Å². The van der Waals surface area contributed by atoms with Crippen LogP contribution in [0.15, 0.2) is 47.4 Å². The van der Waals surface area contributed by atoms with Crippen LogP contribution in [0.4, 0.5) is 0 Å². The Balaban J connectivity index is 2.24. The molecule has 2 aromatic carbocycles. The van der Waals surface area contributed by atoms with Crippen molar-refractivity contribution in [2.75, 3.05) is 14.2 Å². The number of thioether (sulfide) groups is 1. The minimum Gasteiger partial charge on any atom is -0.493 e. The van der Waals surface area contributed by atoms with Crippen LogP contribution in [0.1, 0.15) is 49.2 Å². The lowest BCUT2D eigenvalue weighted by molar-refractivity contribution is 0.0932. The summed E-state index contributed by atoms with van der Waals surface area (Å²) in [4.78, 5) is 13.9. The third kappa shape index (κ3) is 4.94. The van der Waals surface area contributed by atoms with Crippen molar-refractivity contribution in [3.8, 4) is 11.5 Å². The van der Waals surface area contributed by atoms with Crippen LogP contribution in [0.5, 0.6) is 11.5 Å². The summed E-state index contributed by atoms with van der Waals surface area (Å²) in [7, 11) is 3.22. The molecule has 0 aromatic heterocycles. The molecule has 0 radical (unpaired) electrons. The van der Waals surface area contributed by atoms with Gasteiger partial charge in [-0.25, -0.2) is 0 Å². The van der Waals surface area contributed by atoms with Crippen molar-refractivity contribution in [1.82, 2.24) is 5.32 Å². The molecule has 1 amide bonds. The first-order chi connectivity index (χ1) is 12.5. The van der Waals surface area contributed by atoms with Gasteiger partial charge in [-0.05, 0) is 36.2 Å². The van der Waals surface area contributed by atoms with Crippen molar-refractivity contribution in [3.63, 3.8) is 0 Å². The van der Waals surface area contributed by atoms with E-state index in [0.717, 1.165) is 16.9 Å². The monoisotopic (exact) mass is 373 g/mol. The van der Waals surface area contributed by atoms with Crippen LogP contribution in [0, 0.1) is 0 Å². The average Bonchev–Trinajstić information content (AvgIpc) is 2.65. The first kappa shape index (κ1) is 20.2. The molecule has 0 spiro atoms. The molecule has 0 aliphatic heterocycles. The van der Waals surface area contributed by atoms with Gasteiger partial charge >= 0.3 is 0 Å². The summed E-state index contributed by atoms with van der Waals surface area (Å²) in [5, 5.41) is 3.57. The van der Waals surface area contributed by atoms with Gasteiger partial charge in [0.1, 0.15) is 0 Å². The number of carbonyl (C=O) groups excluding carboxylic acids is 1. The zero-order chi connectivity index (χ0) is 19.1. The zero-order valence-electron chi connectivity index (χ0n) is 16.0. The Morgan fingerprint density at radius 2 is 1.77 bits per heavy atom. The van der Waals surface area contributed by atoms with Gasteiger partial charge in [0.25, 0.3) is 5.91 Å². The van der Waals surface area contributed by atoms with Gasteiger partial charge in [0.05, 0.1) is 25.8 Å². The largest absolute Gasteiger partial charge is 0.493 e. The van der Waals surface area contributed by atoms with Gasteiger partial charge in [-0.2, -0.15) is 0 Å². The van der Waals surface area contributed by atoms with E-state index in [-0.39, 0.29) is 11.9 Å². The Bertz CT molecular complexity index is 746. The molecule has 2 aromatic rings. The molecule has 5 heteroatoms. The molecule has 0 fully saturated rings. The molecule has 4 nitrogen and oxygen atoms in total. The standard InChI is InChI=1S/C21H27NO3S/c1-6-17(15-11-12-18(24-4)19(13-15)25-5)22-21(23)16-9-7-8-10-20(16)26-14(2)3/h7-14,17H,6H2,1-5H3,(H,22,23). The van der Waals surface area contributed by atoms with Crippen LogP contribution in [0.25, 0.3) is 0 Å². The van der Waals surface area contributed by atoms with Gasteiger partial charge in [0, 0.05) is 10.1 Å². The fraction of sp³-hybridized carbons (Fsp3) is 0.381. The van der Waals surface area contributed by atoms with Crippen LogP contribution in [-0.2, 0) is 0 Å². The molecular weight excluding hydrogens is 346 g/mol. The maximum Gasteiger partial charge on any atom is 0.252 e. The second-order valence-corrected chi connectivity index (χ2v) is 7.83. The van der Waals surface area contributed by atoms with E-state index >= 15 is 0 Å². The molecule has 0 heterocycles. The highest BCUT2D eigenvalue weighted by Gasteiger charge is 2.18. The van der Waals surface area contributed by atoms with Gasteiger partial charge in [0.2, 0.25) is 0 Å². The quantitative estimate of drug-likeness (QED) is 0.655. The van der Waals surface area contributed by atoms with Crippen molar-refractivity contribution in [2.45, 2.75) is 43.4 Å². The number of ether oxygens (including phenoxy) is 2. The Morgan fingerprint density at radius 3 is 2.38 bits per heavy atom. The predicted molar refractivity (Wildman–Crippen MR) is 107 cm³/mol. The Kier molecular flexibility index (Phi) is 7.39. The van der Waals surface area contributed by atoms with Crippen LogP contribution < -0.4 is 14.8 Å². The summed E-state index contributed by atoms with van der Waals surface area (Å²) in [6.07, 6.45) is 0.778. The first-order valence-corrected chi connectivity index (χ1v) is 9.66. The van der Waals surface area contributed by atoms with Crippen molar-refractivity contribution in [2.24, 2.45) is 0 Å². The summed E-state index contributed by atoms with van der Waals surface area (Å²) in [5.74, 6) is 1.28. The van der Waals surface area contributed by atoms with E-state index in [2.05, 4.69) is 26.1 Å². The second-order valence-electron chi connectivity index (χ2n) is 6.21. The number of methoxy groups -OCH3 is 2. The molecular formula is C21H27NO3S. The molecule has 1 N–H and O–H groups in total. The fourth-order valence-electron chi connectivity index (χ4n) is 2.74. The van der Waals surface area contributed by atoms with Gasteiger partial charge in [-0.15, -0.1) is 11.8 Å². The lowest BCUT2D eigenvalue weighted by Crippen LogP contribution is -2.28. The van der Waals surface area contributed by atoms with Gasteiger partial charge in [-0.3, -0.25) is 4.79 Å². The molecule has 0 saturated heterocycles. The molecule has 2 rings (SSSR count). The number of nitrogens with one attached hydrogen (secondary N) is 1. The smallest absolute Gasteiger partial charge is 0.252 e. The van der Waals surface area contributed by atoms with E-state index < -0.39 is 0 Å². The SMILES string of the molecule is CCC(NC(=O)c1ccccc1SC(C)C)c1ccc(OC)c(OC)c1. The Hall–Kier alpha value is -2.14. The summed E-state index contributed by atoms with van der Waals surface area (Å²) in [6.45, 7) is 6.30. The highest BCUT2D eigenvalue weighted by Crippen LogP contribution is 2.31. The van der Waals surface area contributed by atoms with E-state index in [1.165, 1.54) is 0 Å². The Morgan fingerprint density at radius 1 is 1.08 bits per heavy atom. The lowest BCUT2D eigenvalue weighted by atomic mass is 10.0. The third-order valence-electron chi connectivity index (χ3n) is 4.02. The highest BCUT2D eigenvalue weighted by molar-refractivity contribution is 8.00. The molecule has 26 heavy (non-hydrogen) atoms. The molecule has 0 aliphatic rings. The molecule has 0 aliphatic carbocycles. The van der Waals surface area contributed by atoms with E-state index in [1.807, 2.05) is 42.5 Å². The number of amides is 1. The first-order valence-electron chi connectivity index (χ1n) is 8.78. The number of rotatable bonds is 8. The summed E-state index contributed by atoms with van der Waals surface area (Å²) < 4.78 is 10.7. The molecule has 0 bridgehead atoms. The van der Waals surface area contributed by atoms with Crippen molar-refractivity contribution in [1.29, 1.82) is 0 Å². The minimum absolute atomic E-state index is 0.0598. The number of benzene rings is 2. The minimum atomic E-state index is -0.0978. The molecule has 1 unspecified atom stereocenters. The number of hydrogen-bond donors (Lipinski definition) is 1. The van der Waals surface area contributed by atoms with Crippen LogP contribution in [0.2, 0.25) is 0 Å². The van der Waals surface area contributed by atoms with Crippen molar-refractivity contribution in [3.05, 3.63) is 53.6 Å². The second kappa shape index (κ2) is 9.53. The Labute approximate surface area is 160 Å². The highest BCUT2D eigenvalue weighted by atomic mass is 32.2. The van der Waals surface area contributed by atoms with Crippen molar-refractivity contribution >= 4 is 17.7 Å². The van der Waals surface area contributed by atoms with Crippen LogP contribution >= 0.6 is 11.8 Å². The number of hydrogen-bond acceptors (Lipinski definition) is 4. The maximum absolute atomic E-state index is 12.9. The zero-order valence-corrected chi connectivity index (χ0v) is 16.9. The van der Waals surface area contributed by atoms with E-state index in [0.29, 0.717) is 22.3 Å². The van der Waals surface area contributed by atoms with Crippen molar-refractivity contribution < 1.29 is 14.3 Å². The van der Waals surface area contributed by atoms with Gasteiger partial charge in [-0.1, -0.05) is 39.0 Å². The third-order valence-corrected chi connectivity index (χ3v) is 5.10. The van der Waals surface area contributed by atoms with Gasteiger partial charge in [0.15, 0.2) is 11.5 Å². The topological polar surface area (TPSA) is 47.6 Å². The van der Waals surface area contributed by atoms with Crippen LogP contribution in [-0.4, -0.2) is 25.4 Å². The number of carbonyl (C=O) groups is 1. The maximum atomic E-state index is 12.9. The molecule has 140 valence electrons. The van der Waals surface area contributed by atoms with E-state index in [9.17, 15) is 4.79 Å². The summed E-state index contributed by atoms with van der Waals surface area (Å²) in [5.41, 5.74) is 1.71. The fourth-order valence-corrected chi connectivity index (χ4v) is 3.69. The molecule has 0 saturated carbocycles. The van der Waals surface area contributed by atoms with E-state index in [4.69, 9.17) is 9.47 Å². The average molecular weight is 374 g/mol. The summed E-state index contributed by atoms with van der Waals surface area (Å²) >= 11 is 1.70. The summed E-state index contributed by atoms with van der Waals surface area (Å²) in [6, 6.07) is 13.4. The van der Waals surface area contributed by atoms with Gasteiger partial charge < -0.3 is 14.8 Å². The predicted octanol–water partition coefficient (Wildman–Crippen LogP) is 5.09. The molecule has 1 atom stereocenters. The normalized spacial score (nSPS) is 11.9. The lowest BCUT2D eigenvalue weighted by Gasteiger charge is -2.20.